The maximum absolute atomic E-state index is 8.73. The summed E-state index contributed by atoms with van der Waals surface area (Å²) >= 11 is 0. The molecule has 0 fully saturated rings. The zero-order chi connectivity index (χ0) is 11.2. The Morgan fingerprint density at radius 1 is 1.43 bits per heavy atom. The number of nitriles is 1. The van der Waals surface area contributed by atoms with Gasteiger partial charge in [0.05, 0.1) is 24.9 Å². The second-order valence-corrected chi connectivity index (χ2v) is 3.95. The summed E-state index contributed by atoms with van der Waals surface area (Å²) in [6.07, 6.45) is 0.525. The zero-order valence-electron chi connectivity index (χ0n) is 9.41. The molecule has 2 N–H and O–H groups in total. The molecule has 14 heavy (non-hydrogen) atoms. The Morgan fingerprint density at radius 3 is 2.43 bits per heavy atom. The molecular formula is C10H20N2O2. The molecule has 82 valence electrons. The van der Waals surface area contributed by atoms with E-state index in [4.69, 9.17) is 20.5 Å². The van der Waals surface area contributed by atoms with Crippen LogP contribution in [0.4, 0.5) is 0 Å². The Bertz CT molecular complexity index is 199. The highest BCUT2D eigenvalue weighted by molar-refractivity contribution is 5.01. The van der Waals surface area contributed by atoms with Gasteiger partial charge in [-0.15, -0.1) is 0 Å². The Morgan fingerprint density at radius 2 is 2.00 bits per heavy atom. The molecule has 0 aliphatic carbocycles. The lowest BCUT2D eigenvalue weighted by Gasteiger charge is -2.23. The molecule has 0 heterocycles. The fourth-order valence-corrected chi connectivity index (χ4v) is 1.36. The molecule has 0 aromatic carbocycles. The molecule has 0 amide bonds. The van der Waals surface area contributed by atoms with Crippen LogP contribution >= 0.6 is 0 Å². The van der Waals surface area contributed by atoms with Crippen molar-refractivity contribution in [3.8, 4) is 6.07 Å². The van der Waals surface area contributed by atoms with E-state index in [1.807, 2.05) is 19.9 Å². The summed E-state index contributed by atoms with van der Waals surface area (Å²) in [5, 5.41) is 8.73. The molecule has 3 unspecified atom stereocenters. The van der Waals surface area contributed by atoms with Crippen LogP contribution in [0, 0.1) is 11.3 Å². The highest BCUT2D eigenvalue weighted by atomic mass is 16.5. The quantitative estimate of drug-likeness (QED) is 0.696. The van der Waals surface area contributed by atoms with Crippen molar-refractivity contribution in [1.29, 1.82) is 5.26 Å². The lowest BCUT2D eigenvalue weighted by Crippen LogP contribution is -2.39. The van der Waals surface area contributed by atoms with Crippen molar-refractivity contribution < 1.29 is 9.47 Å². The number of hydrogen-bond donors (Lipinski definition) is 1. The van der Waals surface area contributed by atoms with Crippen LogP contribution in [0.25, 0.3) is 0 Å². The van der Waals surface area contributed by atoms with Gasteiger partial charge in [0, 0.05) is 13.5 Å². The van der Waals surface area contributed by atoms with E-state index in [1.165, 1.54) is 0 Å². The van der Waals surface area contributed by atoms with Crippen molar-refractivity contribution in [2.45, 2.75) is 44.9 Å². The lowest BCUT2D eigenvalue weighted by molar-refractivity contribution is -0.0379. The van der Waals surface area contributed by atoms with E-state index < -0.39 is 5.54 Å². The van der Waals surface area contributed by atoms with Gasteiger partial charge in [0.1, 0.15) is 5.54 Å². The number of ether oxygens (including phenoxy) is 2. The highest BCUT2D eigenvalue weighted by Gasteiger charge is 2.22. The van der Waals surface area contributed by atoms with E-state index in [-0.39, 0.29) is 12.2 Å². The van der Waals surface area contributed by atoms with Gasteiger partial charge in [0.25, 0.3) is 0 Å². The molecule has 0 bridgehead atoms. The largest absolute Gasteiger partial charge is 0.382 e. The molecule has 0 radical (unpaired) electrons. The van der Waals surface area contributed by atoms with Crippen LogP contribution in [0.1, 0.15) is 27.2 Å². The third kappa shape index (κ3) is 5.92. The molecule has 0 aliphatic heterocycles. The Kier molecular flexibility index (Phi) is 5.70. The summed E-state index contributed by atoms with van der Waals surface area (Å²) < 4.78 is 10.5. The van der Waals surface area contributed by atoms with E-state index in [2.05, 4.69) is 0 Å². The van der Waals surface area contributed by atoms with Crippen LogP contribution in [0.3, 0.4) is 0 Å². The minimum absolute atomic E-state index is 0.0319. The van der Waals surface area contributed by atoms with E-state index in [0.717, 1.165) is 0 Å². The van der Waals surface area contributed by atoms with Crippen molar-refractivity contribution in [2.75, 3.05) is 13.7 Å². The number of rotatable bonds is 6. The summed E-state index contributed by atoms with van der Waals surface area (Å²) in [5.74, 6) is 0. The summed E-state index contributed by atoms with van der Waals surface area (Å²) in [4.78, 5) is 0. The van der Waals surface area contributed by atoms with Gasteiger partial charge in [-0.05, 0) is 20.8 Å². The fraction of sp³-hybridized carbons (Fsp3) is 0.900. The predicted octanol–water partition coefficient (Wildman–Crippen LogP) is 1.06. The average Bonchev–Trinajstić information content (AvgIpc) is 2.03. The number of methoxy groups -OCH3 is 1. The first-order chi connectivity index (χ1) is 6.41. The van der Waals surface area contributed by atoms with Gasteiger partial charge in [-0.25, -0.2) is 0 Å². The molecule has 4 nitrogen and oxygen atoms in total. The molecule has 0 aromatic rings. The zero-order valence-corrected chi connectivity index (χ0v) is 9.41. The third-order valence-electron chi connectivity index (χ3n) is 1.83. The molecular weight excluding hydrogens is 180 g/mol. The third-order valence-corrected chi connectivity index (χ3v) is 1.83. The molecule has 0 aromatic heterocycles. The first-order valence-electron chi connectivity index (χ1n) is 4.76. The van der Waals surface area contributed by atoms with Crippen LogP contribution in [0.5, 0.6) is 0 Å². The summed E-state index contributed by atoms with van der Waals surface area (Å²) in [5.41, 5.74) is 4.88. The summed E-state index contributed by atoms with van der Waals surface area (Å²) in [7, 11) is 1.63. The second-order valence-electron chi connectivity index (χ2n) is 3.95. The molecule has 0 aliphatic rings. The van der Waals surface area contributed by atoms with Gasteiger partial charge in [-0.3, -0.25) is 0 Å². The molecule has 0 spiro atoms. The van der Waals surface area contributed by atoms with E-state index >= 15 is 0 Å². The Hall–Kier alpha value is -0.630. The number of nitrogens with two attached hydrogens (primary N) is 1. The van der Waals surface area contributed by atoms with Gasteiger partial charge >= 0.3 is 0 Å². The van der Waals surface area contributed by atoms with E-state index in [1.54, 1.807) is 14.0 Å². The van der Waals surface area contributed by atoms with Gasteiger partial charge < -0.3 is 15.2 Å². The maximum Gasteiger partial charge on any atom is 0.103 e. The van der Waals surface area contributed by atoms with Crippen LogP contribution in [-0.2, 0) is 9.47 Å². The second kappa shape index (κ2) is 5.97. The fourth-order valence-electron chi connectivity index (χ4n) is 1.36. The van der Waals surface area contributed by atoms with Crippen molar-refractivity contribution >= 4 is 0 Å². The predicted molar refractivity (Wildman–Crippen MR) is 54.7 cm³/mol. The minimum atomic E-state index is -0.813. The molecule has 3 atom stereocenters. The molecule has 0 rings (SSSR count). The Balaban J connectivity index is 3.87. The van der Waals surface area contributed by atoms with Crippen LogP contribution in [-0.4, -0.2) is 31.5 Å². The number of nitrogens with zero attached hydrogens (tertiary/aromatic N) is 1. The minimum Gasteiger partial charge on any atom is -0.382 e. The van der Waals surface area contributed by atoms with Gasteiger partial charge in [-0.2, -0.15) is 5.26 Å². The highest BCUT2D eigenvalue weighted by Crippen LogP contribution is 2.12. The molecule has 0 saturated carbocycles. The Labute approximate surface area is 86.0 Å². The van der Waals surface area contributed by atoms with Crippen molar-refractivity contribution in [1.82, 2.24) is 0 Å². The SMILES string of the molecule is COCC(C)OC(C)CC(C)(N)C#N. The van der Waals surface area contributed by atoms with Gasteiger partial charge in [0.15, 0.2) is 0 Å². The smallest absolute Gasteiger partial charge is 0.103 e. The lowest BCUT2D eigenvalue weighted by atomic mass is 9.98. The monoisotopic (exact) mass is 200 g/mol. The number of hydrogen-bond acceptors (Lipinski definition) is 4. The van der Waals surface area contributed by atoms with Crippen molar-refractivity contribution in [3.05, 3.63) is 0 Å². The van der Waals surface area contributed by atoms with E-state index in [0.29, 0.717) is 13.0 Å². The first-order valence-corrected chi connectivity index (χ1v) is 4.76. The summed E-state index contributed by atoms with van der Waals surface area (Å²) in [6, 6.07) is 2.04. The standard InChI is InChI=1S/C10H20N2O2/c1-8(5-10(3,12)7-11)14-9(2)6-13-4/h8-9H,5-6,12H2,1-4H3. The van der Waals surface area contributed by atoms with Gasteiger partial charge in [-0.1, -0.05) is 0 Å². The average molecular weight is 200 g/mol. The topological polar surface area (TPSA) is 68.3 Å². The van der Waals surface area contributed by atoms with Crippen LogP contribution in [0.2, 0.25) is 0 Å². The van der Waals surface area contributed by atoms with Crippen LogP contribution < -0.4 is 5.73 Å². The van der Waals surface area contributed by atoms with Crippen LogP contribution in [0.15, 0.2) is 0 Å². The van der Waals surface area contributed by atoms with Crippen molar-refractivity contribution in [2.24, 2.45) is 5.73 Å². The van der Waals surface area contributed by atoms with E-state index in [9.17, 15) is 0 Å². The normalized spacial score (nSPS) is 19.4. The maximum atomic E-state index is 8.73. The summed E-state index contributed by atoms with van der Waals surface area (Å²) in [6.45, 7) is 6.10. The van der Waals surface area contributed by atoms with Gasteiger partial charge in [0.2, 0.25) is 0 Å². The molecule has 0 saturated heterocycles. The molecule has 4 heteroatoms. The first kappa shape index (κ1) is 13.4. The van der Waals surface area contributed by atoms with Crippen molar-refractivity contribution in [3.63, 3.8) is 0 Å².